The average Bonchev–Trinajstić information content (AvgIpc) is 2.90. The Labute approximate surface area is 158 Å². The summed E-state index contributed by atoms with van der Waals surface area (Å²) in [5, 5.41) is 3.17. The molecule has 1 N–H and O–H groups in total. The quantitative estimate of drug-likeness (QED) is 0.867. The number of likely N-dealkylation sites (tertiary alicyclic amines) is 2. The van der Waals surface area contributed by atoms with Gasteiger partial charge in [-0.1, -0.05) is 50.1 Å². The van der Waals surface area contributed by atoms with E-state index in [1.165, 1.54) is 44.3 Å². The fraction of sp³-hybridized carbons (Fsp3) is 0.682. The van der Waals surface area contributed by atoms with E-state index >= 15 is 0 Å². The summed E-state index contributed by atoms with van der Waals surface area (Å²) in [6.07, 6.45) is 8.29. The van der Waals surface area contributed by atoms with E-state index in [9.17, 15) is 4.79 Å². The number of urea groups is 1. The summed E-state index contributed by atoms with van der Waals surface area (Å²) >= 11 is 0. The highest BCUT2D eigenvalue weighted by Gasteiger charge is 2.28. The van der Waals surface area contributed by atoms with Crippen molar-refractivity contribution in [3.8, 4) is 0 Å². The summed E-state index contributed by atoms with van der Waals surface area (Å²) in [4.78, 5) is 17.6. The molecule has 26 heavy (non-hydrogen) atoms. The first-order valence-corrected chi connectivity index (χ1v) is 10.5. The second kappa shape index (κ2) is 9.96. The van der Waals surface area contributed by atoms with E-state index in [2.05, 4.69) is 46.3 Å². The molecule has 2 heterocycles. The lowest BCUT2D eigenvalue weighted by molar-refractivity contribution is 0.123. The number of nitrogens with one attached hydrogen (secondary N) is 1. The van der Waals surface area contributed by atoms with Crippen molar-refractivity contribution in [3.05, 3.63) is 35.9 Å². The lowest BCUT2D eigenvalue weighted by Crippen LogP contribution is -2.51. The van der Waals surface area contributed by atoms with E-state index < -0.39 is 0 Å². The standard InChI is InChI=1S/C22H35N3O/c1-19-12-16-24(17-13-19)18-21-10-6-3-7-15-25(21)22(26)23-14-11-20-8-4-2-5-9-20/h2,4-5,8-9,19,21H,3,6-7,10-18H2,1H3,(H,23,26). The van der Waals surface area contributed by atoms with Crippen LogP contribution in [-0.4, -0.2) is 54.6 Å². The summed E-state index contributed by atoms with van der Waals surface area (Å²) in [6, 6.07) is 10.9. The molecule has 0 bridgehead atoms. The van der Waals surface area contributed by atoms with Crippen molar-refractivity contribution in [2.24, 2.45) is 5.92 Å². The van der Waals surface area contributed by atoms with Crippen LogP contribution in [0.1, 0.15) is 51.0 Å². The van der Waals surface area contributed by atoms with Crippen molar-refractivity contribution in [2.75, 3.05) is 32.7 Å². The van der Waals surface area contributed by atoms with Crippen LogP contribution in [-0.2, 0) is 6.42 Å². The molecule has 0 aliphatic carbocycles. The molecule has 1 aromatic rings. The summed E-state index contributed by atoms with van der Waals surface area (Å²) in [5.41, 5.74) is 1.28. The van der Waals surface area contributed by atoms with Gasteiger partial charge in [-0.3, -0.25) is 0 Å². The van der Waals surface area contributed by atoms with E-state index in [0.29, 0.717) is 12.6 Å². The molecule has 144 valence electrons. The molecule has 2 fully saturated rings. The van der Waals surface area contributed by atoms with Crippen molar-refractivity contribution in [1.82, 2.24) is 15.1 Å². The van der Waals surface area contributed by atoms with Gasteiger partial charge in [-0.15, -0.1) is 0 Å². The molecule has 2 aliphatic rings. The van der Waals surface area contributed by atoms with Gasteiger partial charge >= 0.3 is 6.03 Å². The molecule has 0 aromatic heterocycles. The number of carbonyl (C=O) groups is 1. The number of hydrogen-bond donors (Lipinski definition) is 1. The SMILES string of the molecule is CC1CCN(CC2CCCCCN2C(=O)NCCc2ccccc2)CC1. The predicted octanol–water partition coefficient (Wildman–Crippen LogP) is 3.92. The number of benzene rings is 1. The van der Waals surface area contributed by atoms with E-state index in [1.54, 1.807) is 0 Å². The topological polar surface area (TPSA) is 35.6 Å². The van der Waals surface area contributed by atoms with E-state index in [1.807, 2.05) is 6.07 Å². The maximum Gasteiger partial charge on any atom is 0.317 e. The molecular weight excluding hydrogens is 322 g/mol. The number of carbonyl (C=O) groups excluding carboxylic acids is 1. The van der Waals surface area contributed by atoms with Gasteiger partial charge in [-0.2, -0.15) is 0 Å². The molecule has 4 heteroatoms. The first kappa shape index (κ1) is 19.2. The monoisotopic (exact) mass is 357 g/mol. The Bertz CT molecular complexity index is 540. The molecular formula is C22H35N3O. The number of amides is 2. The number of hydrogen-bond acceptors (Lipinski definition) is 2. The molecule has 2 aliphatic heterocycles. The minimum Gasteiger partial charge on any atom is -0.338 e. The number of piperidine rings is 1. The zero-order valence-corrected chi connectivity index (χ0v) is 16.3. The Morgan fingerprint density at radius 2 is 1.81 bits per heavy atom. The molecule has 3 rings (SSSR count). The van der Waals surface area contributed by atoms with Crippen molar-refractivity contribution in [1.29, 1.82) is 0 Å². The molecule has 0 spiro atoms. The largest absolute Gasteiger partial charge is 0.338 e. The normalized spacial score (nSPS) is 22.8. The Hall–Kier alpha value is -1.55. The smallest absolute Gasteiger partial charge is 0.317 e. The van der Waals surface area contributed by atoms with Crippen LogP contribution in [0.25, 0.3) is 0 Å². The van der Waals surface area contributed by atoms with Crippen molar-refractivity contribution < 1.29 is 4.79 Å². The fourth-order valence-electron chi connectivity index (χ4n) is 4.24. The molecule has 0 saturated carbocycles. The van der Waals surface area contributed by atoms with Crippen LogP contribution in [0.5, 0.6) is 0 Å². The third-order valence-corrected chi connectivity index (χ3v) is 6.02. The van der Waals surface area contributed by atoms with Crippen LogP contribution < -0.4 is 5.32 Å². The molecule has 1 atom stereocenters. The van der Waals surface area contributed by atoms with Crippen LogP contribution in [0.2, 0.25) is 0 Å². The Morgan fingerprint density at radius 1 is 1.04 bits per heavy atom. The minimum absolute atomic E-state index is 0.137. The zero-order chi connectivity index (χ0) is 18.2. The van der Waals surface area contributed by atoms with E-state index in [-0.39, 0.29) is 6.03 Å². The van der Waals surface area contributed by atoms with Crippen LogP contribution in [0.15, 0.2) is 30.3 Å². The highest BCUT2D eigenvalue weighted by molar-refractivity contribution is 5.74. The summed E-state index contributed by atoms with van der Waals surface area (Å²) in [7, 11) is 0. The van der Waals surface area contributed by atoms with Crippen LogP contribution in [0.4, 0.5) is 4.79 Å². The highest BCUT2D eigenvalue weighted by atomic mass is 16.2. The Morgan fingerprint density at radius 3 is 2.58 bits per heavy atom. The van der Waals surface area contributed by atoms with Crippen LogP contribution >= 0.6 is 0 Å². The van der Waals surface area contributed by atoms with Crippen molar-refractivity contribution >= 4 is 6.03 Å². The van der Waals surface area contributed by atoms with Crippen molar-refractivity contribution in [2.45, 2.75) is 57.9 Å². The molecule has 1 unspecified atom stereocenters. The number of rotatable bonds is 5. The summed E-state index contributed by atoms with van der Waals surface area (Å²) in [6.45, 7) is 7.43. The van der Waals surface area contributed by atoms with Crippen LogP contribution in [0, 0.1) is 5.92 Å². The van der Waals surface area contributed by atoms with Gasteiger partial charge in [-0.05, 0) is 56.7 Å². The fourth-order valence-corrected chi connectivity index (χ4v) is 4.24. The van der Waals surface area contributed by atoms with E-state index in [4.69, 9.17) is 0 Å². The van der Waals surface area contributed by atoms with Gasteiger partial charge in [0.1, 0.15) is 0 Å². The van der Waals surface area contributed by atoms with Crippen molar-refractivity contribution in [3.63, 3.8) is 0 Å². The van der Waals surface area contributed by atoms with Gasteiger partial charge in [0, 0.05) is 25.7 Å². The number of nitrogens with zero attached hydrogens (tertiary/aromatic N) is 2. The van der Waals surface area contributed by atoms with Crippen LogP contribution in [0.3, 0.4) is 0 Å². The molecule has 2 saturated heterocycles. The van der Waals surface area contributed by atoms with Gasteiger partial charge in [0.15, 0.2) is 0 Å². The maximum atomic E-state index is 12.8. The zero-order valence-electron chi connectivity index (χ0n) is 16.3. The second-order valence-electron chi connectivity index (χ2n) is 8.15. The highest BCUT2D eigenvalue weighted by Crippen LogP contribution is 2.21. The average molecular weight is 358 g/mol. The maximum absolute atomic E-state index is 12.8. The molecule has 1 aromatic carbocycles. The minimum atomic E-state index is 0.137. The van der Waals surface area contributed by atoms with Gasteiger partial charge < -0.3 is 15.1 Å². The van der Waals surface area contributed by atoms with E-state index in [0.717, 1.165) is 38.3 Å². The first-order valence-electron chi connectivity index (χ1n) is 10.5. The lowest BCUT2D eigenvalue weighted by atomic mass is 9.98. The second-order valence-corrected chi connectivity index (χ2v) is 8.15. The summed E-state index contributed by atoms with van der Waals surface area (Å²) in [5.74, 6) is 0.859. The lowest BCUT2D eigenvalue weighted by Gasteiger charge is -2.37. The Kier molecular flexibility index (Phi) is 7.36. The van der Waals surface area contributed by atoms with Gasteiger partial charge in [0.2, 0.25) is 0 Å². The Balaban J connectivity index is 1.51. The van der Waals surface area contributed by atoms with Gasteiger partial charge in [-0.25, -0.2) is 4.79 Å². The van der Waals surface area contributed by atoms with Gasteiger partial charge in [0.05, 0.1) is 0 Å². The summed E-state index contributed by atoms with van der Waals surface area (Å²) < 4.78 is 0. The first-order chi connectivity index (χ1) is 12.7. The molecule has 0 radical (unpaired) electrons. The third-order valence-electron chi connectivity index (χ3n) is 6.02. The third kappa shape index (κ3) is 5.73. The van der Waals surface area contributed by atoms with Gasteiger partial charge in [0.25, 0.3) is 0 Å². The molecule has 4 nitrogen and oxygen atoms in total. The molecule has 2 amide bonds. The predicted molar refractivity (Wildman–Crippen MR) is 107 cm³/mol.